The molecule has 2 saturated heterocycles. The van der Waals surface area contributed by atoms with Crippen LogP contribution in [0.4, 0.5) is 0 Å². The van der Waals surface area contributed by atoms with E-state index in [9.17, 15) is 24.6 Å². The summed E-state index contributed by atoms with van der Waals surface area (Å²) in [5, 5.41) is 26.6. The van der Waals surface area contributed by atoms with Gasteiger partial charge in [-0.15, -0.1) is 0 Å². The Bertz CT molecular complexity index is 1010. The molecule has 236 valence electrons. The molecule has 1 aliphatic carbocycles. The van der Waals surface area contributed by atoms with Gasteiger partial charge in [0, 0.05) is 31.6 Å². The number of carbonyl (C=O) groups excluding carboxylic acids is 3. The molecule has 0 aromatic carbocycles. The summed E-state index contributed by atoms with van der Waals surface area (Å²) in [5.41, 5.74) is 0.988. The van der Waals surface area contributed by atoms with E-state index in [0.717, 1.165) is 31.3 Å². The minimum atomic E-state index is -0.848. The number of rotatable bonds is 12. The maximum absolute atomic E-state index is 12.4. The highest BCUT2D eigenvalue weighted by molar-refractivity contribution is 5.87. The van der Waals surface area contributed by atoms with Crippen LogP contribution in [-0.4, -0.2) is 83.3 Å². The smallest absolute Gasteiger partial charge is 0.303 e. The van der Waals surface area contributed by atoms with Gasteiger partial charge in [-0.3, -0.25) is 14.4 Å². The molecule has 3 rings (SSSR count). The fourth-order valence-electron chi connectivity index (χ4n) is 5.71. The van der Waals surface area contributed by atoms with Gasteiger partial charge in [0.15, 0.2) is 0 Å². The molecule has 3 fully saturated rings. The summed E-state index contributed by atoms with van der Waals surface area (Å²) in [6.45, 7) is 8.89. The molecule has 0 radical (unpaired) electrons. The van der Waals surface area contributed by atoms with Gasteiger partial charge in [-0.1, -0.05) is 30.7 Å². The Morgan fingerprint density at radius 1 is 1.07 bits per heavy atom. The lowest BCUT2D eigenvalue weighted by molar-refractivity contribution is -0.146. The van der Waals surface area contributed by atoms with Gasteiger partial charge in [0.25, 0.3) is 0 Å². The highest BCUT2D eigenvalue weighted by Crippen LogP contribution is 2.30. The maximum atomic E-state index is 12.4. The van der Waals surface area contributed by atoms with E-state index in [1.54, 1.807) is 13.0 Å². The van der Waals surface area contributed by atoms with Gasteiger partial charge in [-0.25, -0.2) is 0 Å². The lowest BCUT2D eigenvalue weighted by atomic mass is 9.87. The summed E-state index contributed by atoms with van der Waals surface area (Å²) < 4.78 is 17.3. The maximum Gasteiger partial charge on any atom is 0.303 e. The third kappa shape index (κ3) is 10.6. The molecular formula is C32H50N2O8. The second kappa shape index (κ2) is 16.4. The highest BCUT2D eigenvalue weighted by Gasteiger charge is 2.37. The first-order chi connectivity index (χ1) is 19.9. The minimum Gasteiger partial charge on any atom is -0.459 e. The average Bonchev–Trinajstić information content (AvgIpc) is 2.90. The summed E-state index contributed by atoms with van der Waals surface area (Å²) in [4.78, 5) is 35.8. The molecule has 2 amide bonds. The van der Waals surface area contributed by atoms with Crippen molar-refractivity contribution in [2.45, 2.75) is 128 Å². The molecule has 0 aromatic rings. The van der Waals surface area contributed by atoms with Gasteiger partial charge in [0.2, 0.25) is 11.8 Å². The van der Waals surface area contributed by atoms with Gasteiger partial charge in [-0.05, 0) is 71.3 Å². The normalized spacial score (nSPS) is 33.3. The van der Waals surface area contributed by atoms with Gasteiger partial charge >= 0.3 is 5.97 Å². The highest BCUT2D eigenvalue weighted by atomic mass is 16.5. The van der Waals surface area contributed by atoms with Crippen molar-refractivity contribution >= 4 is 17.8 Å². The van der Waals surface area contributed by atoms with Gasteiger partial charge in [-0.2, -0.15) is 0 Å². The molecule has 7 unspecified atom stereocenters. The largest absolute Gasteiger partial charge is 0.459 e. The summed E-state index contributed by atoms with van der Waals surface area (Å²) in [7, 11) is 0. The molecule has 0 spiro atoms. The van der Waals surface area contributed by atoms with E-state index in [4.69, 9.17) is 14.2 Å². The predicted molar refractivity (Wildman–Crippen MR) is 158 cm³/mol. The Morgan fingerprint density at radius 2 is 1.81 bits per heavy atom. The summed E-state index contributed by atoms with van der Waals surface area (Å²) >= 11 is 0. The zero-order chi connectivity index (χ0) is 30.8. The quantitative estimate of drug-likeness (QED) is 0.154. The van der Waals surface area contributed by atoms with Crippen LogP contribution in [0, 0.1) is 11.8 Å². The Labute approximate surface area is 249 Å². The molecule has 9 atom stereocenters. The van der Waals surface area contributed by atoms with Crippen molar-refractivity contribution in [3.63, 3.8) is 0 Å². The number of aliphatic hydroxyl groups is 2. The molecule has 3 aliphatic rings. The van der Waals surface area contributed by atoms with Crippen LogP contribution in [0.1, 0.15) is 79.6 Å². The molecular weight excluding hydrogens is 540 g/mol. The third-order valence-electron chi connectivity index (χ3n) is 8.49. The number of carbonyl (C=O) groups is 3. The topological polar surface area (TPSA) is 143 Å². The van der Waals surface area contributed by atoms with E-state index in [2.05, 4.69) is 23.6 Å². The van der Waals surface area contributed by atoms with Crippen LogP contribution in [-0.2, 0) is 28.6 Å². The molecule has 2 aliphatic heterocycles. The Morgan fingerprint density at radius 3 is 2.45 bits per heavy atom. The standard InChI is InChI=1S/C32H50N2O8/c1-19(10-13-29-32(39)24(18-35)16-26(42-29)17-31(38)33-25-7-6-8-25)9-12-28-20(2)15-27(22(4)41-28)34-30(37)14-11-21(3)40-23(5)36/h9-11,13-14,20-22,24-29,32,35,39H,6-8,12,15-18H2,1-5H3,(H,33,38)(H,34,37)/b13-10+,14-11-,19-9+/t20?,21?,22?,24?,26-,27?,28?,29?,32-/m0/s1. The fraction of sp³-hybridized carbons (Fsp3) is 0.719. The first kappa shape index (κ1) is 34.0. The fourth-order valence-corrected chi connectivity index (χ4v) is 5.71. The van der Waals surface area contributed by atoms with Crippen LogP contribution in [0.2, 0.25) is 0 Å². The lowest BCUT2D eigenvalue weighted by Gasteiger charge is -2.39. The SMILES string of the molecule is CC(=O)OC(C)/C=C\C(=O)NC1CC(C)C(C/C=C(C)/C=C/C2O[C@H](CC(=O)NC3CCC3)CC(CO)[C@@H]2O)OC1C. The summed E-state index contributed by atoms with van der Waals surface area (Å²) in [6, 6.07) is 0.133. The van der Waals surface area contributed by atoms with Gasteiger partial charge < -0.3 is 35.1 Å². The molecule has 42 heavy (non-hydrogen) atoms. The van der Waals surface area contributed by atoms with Gasteiger partial charge in [0.1, 0.15) is 12.2 Å². The molecule has 10 nitrogen and oxygen atoms in total. The zero-order valence-electron chi connectivity index (χ0n) is 25.7. The van der Waals surface area contributed by atoms with Crippen LogP contribution < -0.4 is 10.6 Å². The van der Waals surface area contributed by atoms with Crippen molar-refractivity contribution in [3.05, 3.63) is 36.0 Å². The average molecular weight is 591 g/mol. The zero-order valence-corrected chi connectivity index (χ0v) is 25.7. The Hall–Kier alpha value is -2.53. The van der Waals surface area contributed by atoms with Gasteiger partial charge in [0.05, 0.1) is 36.9 Å². The van der Waals surface area contributed by atoms with Crippen molar-refractivity contribution < 1.29 is 38.8 Å². The van der Waals surface area contributed by atoms with Crippen LogP contribution in [0.25, 0.3) is 0 Å². The van der Waals surface area contributed by atoms with E-state index >= 15 is 0 Å². The monoisotopic (exact) mass is 590 g/mol. The second-order valence-corrected chi connectivity index (χ2v) is 12.2. The number of hydrogen-bond donors (Lipinski definition) is 4. The van der Waals surface area contributed by atoms with E-state index in [0.29, 0.717) is 12.8 Å². The molecule has 0 aromatic heterocycles. The van der Waals surface area contributed by atoms with Crippen LogP contribution in [0.5, 0.6) is 0 Å². The van der Waals surface area contributed by atoms with Crippen LogP contribution in [0.3, 0.4) is 0 Å². The van der Waals surface area contributed by atoms with Crippen molar-refractivity contribution in [3.8, 4) is 0 Å². The predicted octanol–water partition coefficient (Wildman–Crippen LogP) is 2.87. The van der Waals surface area contributed by atoms with E-state index in [-0.39, 0.29) is 67.1 Å². The van der Waals surface area contributed by atoms with Crippen molar-refractivity contribution in [1.82, 2.24) is 10.6 Å². The molecule has 0 bridgehead atoms. The number of amides is 2. The van der Waals surface area contributed by atoms with E-state index in [1.807, 2.05) is 26.0 Å². The first-order valence-corrected chi connectivity index (χ1v) is 15.3. The van der Waals surface area contributed by atoms with E-state index < -0.39 is 24.3 Å². The van der Waals surface area contributed by atoms with Crippen molar-refractivity contribution in [1.29, 1.82) is 0 Å². The van der Waals surface area contributed by atoms with Crippen molar-refractivity contribution in [2.75, 3.05) is 6.61 Å². The Balaban J connectivity index is 1.49. The number of allylic oxidation sites excluding steroid dienone is 2. The summed E-state index contributed by atoms with van der Waals surface area (Å²) in [6.07, 6.45) is 11.6. The van der Waals surface area contributed by atoms with E-state index in [1.165, 1.54) is 13.0 Å². The molecule has 10 heteroatoms. The first-order valence-electron chi connectivity index (χ1n) is 15.3. The molecule has 1 saturated carbocycles. The number of esters is 1. The summed E-state index contributed by atoms with van der Waals surface area (Å²) in [5.74, 6) is -0.828. The number of hydrogen-bond acceptors (Lipinski definition) is 8. The van der Waals surface area contributed by atoms with Crippen LogP contribution in [0.15, 0.2) is 36.0 Å². The van der Waals surface area contributed by atoms with Crippen LogP contribution >= 0.6 is 0 Å². The second-order valence-electron chi connectivity index (χ2n) is 12.2. The Kier molecular flexibility index (Phi) is 13.2. The lowest BCUT2D eigenvalue weighted by Crippen LogP contribution is -2.50. The minimum absolute atomic E-state index is 0.00937. The number of nitrogens with one attached hydrogen (secondary N) is 2. The molecule has 4 N–H and O–H groups in total. The van der Waals surface area contributed by atoms with Crippen molar-refractivity contribution in [2.24, 2.45) is 11.8 Å². The third-order valence-corrected chi connectivity index (χ3v) is 8.49. The molecule has 2 heterocycles. The number of ether oxygens (including phenoxy) is 3. The number of aliphatic hydroxyl groups excluding tert-OH is 2.